The molecule has 0 spiro atoms. The molecule has 142 valence electrons. The van der Waals surface area contributed by atoms with Crippen LogP contribution in [0, 0.1) is 11.7 Å². The van der Waals surface area contributed by atoms with E-state index in [1.807, 2.05) is 17.0 Å². The highest BCUT2D eigenvalue weighted by molar-refractivity contribution is 5.92. The fourth-order valence-electron chi connectivity index (χ4n) is 4.21. The predicted molar refractivity (Wildman–Crippen MR) is 100 cm³/mol. The number of hydrogen-bond acceptors (Lipinski definition) is 4. The smallest absolute Gasteiger partial charge is 0.272 e. The van der Waals surface area contributed by atoms with Crippen LogP contribution >= 0.6 is 0 Å². The molecule has 3 aliphatic heterocycles. The zero-order valence-corrected chi connectivity index (χ0v) is 15.5. The summed E-state index contributed by atoms with van der Waals surface area (Å²) in [5.74, 6) is 0.850. The Balaban J connectivity index is 1.51. The van der Waals surface area contributed by atoms with Gasteiger partial charge in [0.2, 0.25) is 0 Å². The highest BCUT2D eigenvalue weighted by atomic mass is 19.1. The summed E-state index contributed by atoms with van der Waals surface area (Å²) >= 11 is 0. The lowest BCUT2D eigenvalue weighted by Gasteiger charge is -2.36. The van der Waals surface area contributed by atoms with Crippen LogP contribution in [0.1, 0.15) is 28.9 Å². The van der Waals surface area contributed by atoms with Gasteiger partial charge in [0.25, 0.3) is 5.91 Å². The van der Waals surface area contributed by atoms with Crippen LogP contribution in [0.3, 0.4) is 0 Å². The van der Waals surface area contributed by atoms with Crippen molar-refractivity contribution >= 4 is 5.91 Å². The molecular formula is C21H24FN3O2. The van der Waals surface area contributed by atoms with Crippen molar-refractivity contribution in [3.8, 4) is 5.75 Å². The number of pyridine rings is 1. The Kier molecular flexibility index (Phi) is 5.07. The second kappa shape index (κ2) is 7.64. The third-order valence-corrected chi connectivity index (χ3v) is 5.62. The molecule has 0 saturated carbocycles. The topological polar surface area (TPSA) is 45.7 Å². The first-order valence-electron chi connectivity index (χ1n) is 9.41. The first-order valence-corrected chi connectivity index (χ1v) is 9.41. The van der Waals surface area contributed by atoms with Gasteiger partial charge in [0.15, 0.2) is 0 Å². The number of fused-ring (bicyclic) bond motifs is 4. The second-order valence-electron chi connectivity index (χ2n) is 7.41. The van der Waals surface area contributed by atoms with Crippen molar-refractivity contribution in [2.75, 3.05) is 26.7 Å². The Morgan fingerprint density at radius 1 is 1.22 bits per heavy atom. The maximum absolute atomic E-state index is 14.3. The van der Waals surface area contributed by atoms with E-state index in [-0.39, 0.29) is 17.8 Å². The van der Waals surface area contributed by atoms with Crippen LogP contribution in [0.4, 0.5) is 4.39 Å². The minimum Gasteiger partial charge on any atom is -0.497 e. The number of ether oxygens (including phenoxy) is 1. The molecule has 0 N–H and O–H groups in total. The second-order valence-corrected chi connectivity index (χ2v) is 7.41. The SMILES string of the molecule is COc1ccc(F)c(CN2C[C@H]3CC[C@@H]2CN(C(=O)c2ccccn2)C3)c1. The van der Waals surface area contributed by atoms with E-state index in [1.54, 1.807) is 31.5 Å². The van der Waals surface area contributed by atoms with Crippen molar-refractivity contribution in [3.63, 3.8) is 0 Å². The summed E-state index contributed by atoms with van der Waals surface area (Å²) in [5, 5.41) is 0. The number of aromatic nitrogens is 1. The average Bonchev–Trinajstić information content (AvgIpc) is 3.01. The molecule has 5 nitrogen and oxygen atoms in total. The van der Waals surface area contributed by atoms with Gasteiger partial charge >= 0.3 is 0 Å². The molecule has 3 fully saturated rings. The predicted octanol–water partition coefficient (Wildman–Crippen LogP) is 2.97. The van der Waals surface area contributed by atoms with Gasteiger partial charge in [0, 0.05) is 44.0 Å². The van der Waals surface area contributed by atoms with Gasteiger partial charge in [-0.25, -0.2) is 4.39 Å². The molecule has 3 aliphatic rings. The van der Waals surface area contributed by atoms with Gasteiger partial charge in [-0.2, -0.15) is 0 Å². The monoisotopic (exact) mass is 369 g/mol. The van der Waals surface area contributed by atoms with Crippen LogP contribution in [0.25, 0.3) is 0 Å². The van der Waals surface area contributed by atoms with Gasteiger partial charge in [-0.1, -0.05) is 6.07 Å². The highest BCUT2D eigenvalue weighted by Gasteiger charge is 2.37. The maximum atomic E-state index is 14.3. The molecule has 0 radical (unpaired) electrons. The number of amides is 1. The quantitative estimate of drug-likeness (QED) is 0.831. The third-order valence-electron chi connectivity index (χ3n) is 5.62. The first kappa shape index (κ1) is 17.9. The lowest BCUT2D eigenvalue weighted by Crippen LogP contribution is -2.44. The molecule has 1 aromatic carbocycles. The van der Waals surface area contributed by atoms with Crippen molar-refractivity contribution in [1.82, 2.24) is 14.8 Å². The Morgan fingerprint density at radius 2 is 2.11 bits per heavy atom. The number of methoxy groups -OCH3 is 1. The van der Waals surface area contributed by atoms with E-state index in [0.29, 0.717) is 36.0 Å². The number of benzene rings is 1. The molecule has 6 heteroatoms. The van der Waals surface area contributed by atoms with Crippen LogP contribution in [-0.2, 0) is 6.54 Å². The van der Waals surface area contributed by atoms with Crippen molar-refractivity contribution in [1.29, 1.82) is 0 Å². The van der Waals surface area contributed by atoms with Gasteiger partial charge < -0.3 is 9.64 Å². The van der Waals surface area contributed by atoms with Gasteiger partial charge in [-0.15, -0.1) is 0 Å². The summed E-state index contributed by atoms with van der Waals surface area (Å²) in [6.45, 7) is 2.82. The highest BCUT2D eigenvalue weighted by Crippen LogP contribution is 2.30. The lowest BCUT2D eigenvalue weighted by molar-refractivity contribution is 0.0729. The third kappa shape index (κ3) is 3.81. The van der Waals surface area contributed by atoms with Crippen LogP contribution < -0.4 is 4.74 Å². The maximum Gasteiger partial charge on any atom is 0.272 e. The Bertz CT molecular complexity index is 814. The molecular weight excluding hydrogens is 345 g/mol. The number of nitrogens with zero attached hydrogens (tertiary/aromatic N) is 3. The molecule has 2 atom stereocenters. The van der Waals surface area contributed by atoms with Crippen molar-refractivity contribution in [2.45, 2.75) is 25.4 Å². The summed E-state index contributed by atoms with van der Waals surface area (Å²) in [7, 11) is 1.59. The van der Waals surface area contributed by atoms with E-state index in [0.717, 1.165) is 25.9 Å². The van der Waals surface area contributed by atoms with Crippen LogP contribution in [0.2, 0.25) is 0 Å². The fraction of sp³-hybridized carbons (Fsp3) is 0.429. The zero-order chi connectivity index (χ0) is 18.8. The van der Waals surface area contributed by atoms with Crippen LogP contribution in [0.15, 0.2) is 42.6 Å². The lowest BCUT2D eigenvalue weighted by atomic mass is 9.94. The van der Waals surface area contributed by atoms with Crippen molar-refractivity contribution in [3.05, 3.63) is 59.7 Å². The average molecular weight is 369 g/mol. The van der Waals surface area contributed by atoms with E-state index in [1.165, 1.54) is 6.07 Å². The summed E-state index contributed by atoms with van der Waals surface area (Å²) in [5.41, 5.74) is 1.13. The van der Waals surface area contributed by atoms with Gasteiger partial charge in [0.05, 0.1) is 7.11 Å². The molecule has 27 heavy (non-hydrogen) atoms. The van der Waals surface area contributed by atoms with Crippen molar-refractivity contribution in [2.24, 2.45) is 5.92 Å². The zero-order valence-electron chi connectivity index (χ0n) is 15.5. The molecule has 4 heterocycles. The van der Waals surface area contributed by atoms with Crippen molar-refractivity contribution < 1.29 is 13.9 Å². The molecule has 0 unspecified atom stereocenters. The van der Waals surface area contributed by atoms with E-state index in [4.69, 9.17) is 4.74 Å². The van der Waals surface area contributed by atoms with E-state index in [2.05, 4.69) is 9.88 Å². The molecule has 3 saturated heterocycles. The number of carbonyl (C=O) groups excluding carboxylic acids is 1. The molecule has 5 rings (SSSR count). The Hall–Kier alpha value is -2.47. The molecule has 2 bridgehead atoms. The van der Waals surface area contributed by atoms with E-state index in [9.17, 15) is 9.18 Å². The largest absolute Gasteiger partial charge is 0.497 e. The molecule has 1 aromatic heterocycles. The van der Waals surface area contributed by atoms with Gasteiger partial charge in [-0.3, -0.25) is 14.7 Å². The number of carbonyl (C=O) groups is 1. The summed E-state index contributed by atoms with van der Waals surface area (Å²) < 4.78 is 19.5. The van der Waals surface area contributed by atoms with Crippen LogP contribution in [-0.4, -0.2) is 53.5 Å². The summed E-state index contributed by atoms with van der Waals surface area (Å²) in [6, 6.07) is 10.5. The first-order chi connectivity index (χ1) is 13.1. The minimum atomic E-state index is -0.211. The number of rotatable bonds is 4. The Morgan fingerprint density at radius 3 is 2.89 bits per heavy atom. The fourth-order valence-corrected chi connectivity index (χ4v) is 4.21. The van der Waals surface area contributed by atoms with E-state index >= 15 is 0 Å². The Labute approximate surface area is 158 Å². The normalized spacial score (nSPS) is 22.5. The standard InChI is InChI=1S/C21H24FN3O2/c1-27-18-7-8-19(22)16(10-18)13-24-11-15-5-6-17(24)14-25(12-15)21(26)20-4-2-3-9-23-20/h2-4,7-10,15,17H,5-6,11-14H2,1H3/t15-,17-/m1/s1. The van der Waals surface area contributed by atoms with Gasteiger partial charge in [-0.05, 0) is 49.1 Å². The molecule has 2 aromatic rings. The summed E-state index contributed by atoms with van der Waals surface area (Å²) in [4.78, 5) is 21.3. The van der Waals surface area contributed by atoms with Gasteiger partial charge in [0.1, 0.15) is 17.3 Å². The number of halogens is 1. The molecule has 1 amide bonds. The minimum absolute atomic E-state index is 0.0121. The summed E-state index contributed by atoms with van der Waals surface area (Å²) in [6.07, 6.45) is 3.79. The van der Waals surface area contributed by atoms with E-state index < -0.39 is 0 Å². The molecule has 0 aliphatic carbocycles. The number of hydrogen-bond donors (Lipinski definition) is 0. The van der Waals surface area contributed by atoms with Crippen LogP contribution in [0.5, 0.6) is 5.75 Å². The number of piperidine rings is 1.